The monoisotopic (exact) mass is 222 g/mol. The van der Waals surface area contributed by atoms with Crippen molar-refractivity contribution in [2.45, 2.75) is 0 Å². The lowest BCUT2D eigenvalue weighted by atomic mass is 10.2. The maximum atomic E-state index is 11.3. The predicted octanol–water partition coefficient (Wildman–Crippen LogP) is 0.885. The van der Waals surface area contributed by atoms with Crippen LogP contribution in [0.25, 0.3) is 0 Å². The van der Waals surface area contributed by atoms with Crippen LogP contribution in [0.2, 0.25) is 0 Å². The second-order valence-corrected chi connectivity index (χ2v) is 3.49. The Kier molecular flexibility index (Phi) is 3.88. The van der Waals surface area contributed by atoms with Gasteiger partial charge in [0.25, 0.3) is 0 Å². The van der Waals surface area contributed by atoms with E-state index in [9.17, 15) is 9.59 Å². The molecule has 0 heterocycles. The van der Waals surface area contributed by atoms with Crippen molar-refractivity contribution in [3.8, 4) is 0 Å². The van der Waals surface area contributed by atoms with Crippen molar-refractivity contribution in [1.82, 2.24) is 4.90 Å². The number of rotatable bonds is 4. The fraction of sp³-hybridized carbons (Fsp3) is 0.273. The number of para-hydroxylation sites is 1. The maximum Gasteiger partial charge on any atom is 0.337 e. The first-order chi connectivity index (χ1) is 7.52. The van der Waals surface area contributed by atoms with Crippen LogP contribution >= 0.6 is 0 Å². The van der Waals surface area contributed by atoms with Gasteiger partial charge in [0.05, 0.1) is 12.1 Å². The van der Waals surface area contributed by atoms with E-state index < -0.39 is 5.97 Å². The Morgan fingerprint density at radius 1 is 1.31 bits per heavy atom. The molecule has 0 radical (unpaired) electrons. The topological polar surface area (TPSA) is 69.6 Å². The lowest BCUT2D eigenvalue weighted by molar-refractivity contribution is -0.126. The highest BCUT2D eigenvalue weighted by molar-refractivity contribution is 5.95. The Bertz CT molecular complexity index is 402. The number of carbonyl (C=O) groups excluding carboxylic acids is 1. The summed E-state index contributed by atoms with van der Waals surface area (Å²) in [6, 6.07) is 6.48. The van der Waals surface area contributed by atoms with Gasteiger partial charge in [-0.25, -0.2) is 4.79 Å². The SMILES string of the molecule is CN(C)C(=O)CNc1ccccc1C(=O)O. The molecule has 0 fully saturated rings. The van der Waals surface area contributed by atoms with Crippen LogP contribution in [0, 0.1) is 0 Å². The van der Waals surface area contributed by atoms with Gasteiger partial charge in [0.15, 0.2) is 0 Å². The van der Waals surface area contributed by atoms with E-state index in [4.69, 9.17) is 5.11 Å². The molecule has 0 saturated carbocycles. The van der Waals surface area contributed by atoms with Gasteiger partial charge >= 0.3 is 5.97 Å². The van der Waals surface area contributed by atoms with Gasteiger partial charge in [-0.3, -0.25) is 4.79 Å². The van der Waals surface area contributed by atoms with Crippen LogP contribution in [0.1, 0.15) is 10.4 Å². The zero-order chi connectivity index (χ0) is 12.1. The first kappa shape index (κ1) is 12.0. The zero-order valence-corrected chi connectivity index (χ0v) is 9.23. The van der Waals surface area contributed by atoms with Gasteiger partial charge in [-0.15, -0.1) is 0 Å². The smallest absolute Gasteiger partial charge is 0.337 e. The first-order valence-corrected chi connectivity index (χ1v) is 4.78. The third-order valence-corrected chi connectivity index (χ3v) is 2.09. The number of hydrogen-bond donors (Lipinski definition) is 2. The fourth-order valence-corrected chi connectivity index (χ4v) is 1.15. The summed E-state index contributed by atoms with van der Waals surface area (Å²) >= 11 is 0. The van der Waals surface area contributed by atoms with E-state index in [1.54, 1.807) is 32.3 Å². The lowest BCUT2D eigenvalue weighted by Crippen LogP contribution is -2.29. The number of amides is 1. The van der Waals surface area contributed by atoms with E-state index in [2.05, 4.69) is 5.32 Å². The van der Waals surface area contributed by atoms with Crippen molar-refractivity contribution in [3.05, 3.63) is 29.8 Å². The second kappa shape index (κ2) is 5.16. The van der Waals surface area contributed by atoms with Gasteiger partial charge < -0.3 is 15.3 Å². The van der Waals surface area contributed by atoms with Crippen LogP contribution in [0.15, 0.2) is 24.3 Å². The lowest BCUT2D eigenvalue weighted by Gasteiger charge is -2.12. The summed E-state index contributed by atoms with van der Waals surface area (Å²) in [5.74, 6) is -1.12. The Morgan fingerprint density at radius 2 is 1.94 bits per heavy atom. The largest absolute Gasteiger partial charge is 0.478 e. The predicted molar refractivity (Wildman–Crippen MR) is 60.6 cm³/mol. The van der Waals surface area contributed by atoms with Crippen LogP contribution in [0.3, 0.4) is 0 Å². The standard InChI is InChI=1S/C11H14N2O3/c1-13(2)10(14)7-12-9-6-4-3-5-8(9)11(15)16/h3-6,12H,7H2,1-2H3,(H,15,16). The number of aromatic carboxylic acids is 1. The Labute approximate surface area is 93.7 Å². The quantitative estimate of drug-likeness (QED) is 0.793. The molecule has 0 saturated heterocycles. The molecule has 2 N–H and O–H groups in total. The number of nitrogens with zero attached hydrogens (tertiary/aromatic N) is 1. The highest BCUT2D eigenvalue weighted by Crippen LogP contribution is 2.14. The van der Waals surface area contributed by atoms with Crippen LogP contribution in [0.4, 0.5) is 5.69 Å². The van der Waals surface area contributed by atoms with Crippen molar-refractivity contribution in [1.29, 1.82) is 0 Å². The summed E-state index contributed by atoms with van der Waals surface area (Å²) < 4.78 is 0. The average molecular weight is 222 g/mol. The molecule has 0 atom stereocenters. The van der Waals surface area contributed by atoms with Gasteiger partial charge in [0, 0.05) is 19.8 Å². The molecule has 0 aliphatic rings. The van der Waals surface area contributed by atoms with E-state index in [1.165, 1.54) is 11.0 Å². The summed E-state index contributed by atoms with van der Waals surface area (Å²) in [5.41, 5.74) is 0.610. The molecule has 0 spiro atoms. The number of nitrogens with one attached hydrogen (secondary N) is 1. The molecule has 5 nitrogen and oxygen atoms in total. The summed E-state index contributed by atoms with van der Waals surface area (Å²) in [7, 11) is 3.29. The number of benzene rings is 1. The molecule has 1 aromatic rings. The molecule has 0 aliphatic carbocycles. The van der Waals surface area contributed by atoms with Gasteiger partial charge in [0.2, 0.25) is 5.91 Å². The van der Waals surface area contributed by atoms with Crippen molar-refractivity contribution in [2.24, 2.45) is 0 Å². The minimum atomic E-state index is -1.01. The molecule has 16 heavy (non-hydrogen) atoms. The molecule has 1 rings (SSSR count). The van der Waals surface area contributed by atoms with Crippen LogP contribution < -0.4 is 5.32 Å². The third-order valence-electron chi connectivity index (χ3n) is 2.09. The van der Waals surface area contributed by atoms with Gasteiger partial charge in [-0.1, -0.05) is 12.1 Å². The van der Waals surface area contributed by atoms with Crippen molar-refractivity contribution in [3.63, 3.8) is 0 Å². The molecule has 0 aromatic heterocycles. The van der Waals surface area contributed by atoms with Crippen LogP contribution in [0.5, 0.6) is 0 Å². The number of carboxylic acids is 1. The van der Waals surface area contributed by atoms with Crippen LogP contribution in [-0.4, -0.2) is 42.5 Å². The average Bonchev–Trinajstić information content (AvgIpc) is 2.25. The Balaban J connectivity index is 2.74. The van der Waals surface area contributed by atoms with E-state index in [-0.39, 0.29) is 18.0 Å². The van der Waals surface area contributed by atoms with Gasteiger partial charge in [-0.05, 0) is 12.1 Å². The van der Waals surface area contributed by atoms with Gasteiger partial charge in [-0.2, -0.15) is 0 Å². The molecule has 1 aromatic carbocycles. The second-order valence-electron chi connectivity index (χ2n) is 3.49. The molecule has 1 amide bonds. The van der Waals surface area contributed by atoms with Crippen LogP contribution in [-0.2, 0) is 4.79 Å². The molecule has 5 heteroatoms. The van der Waals surface area contributed by atoms with E-state index in [0.717, 1.165) is 0 Å². The molecular formula is C11H14N2O3. The van der Waals surface area contributed by atoms with Crippen molar-refractivity contribution in [2.75, 3.05) is 26.0 Å². The van der Waals surface area contributed by atoms with E-state index in [0.29, 0.717) is 5.69 Å². The number of anilines is 1. The number of hydrogen-bond acceptors (Lipinski definition) is 3. The van der Waals surface area contributed by atoms with E-state index in [1.807, 2.05) is 0 Å². The van der Waals surface area contributed by atoms with E-state index >= 15 is 0 Å². The maximum absolute atomic E-state index is 11.3. The summed E-state index contributed by atoms with van der Waals surface area (Å²) in [6.45, 7) is 0.0806. The highest BCUT2D eigenvalue weighted by Gasteiger charge is 2.10. The Morgan fingerprint density at radius 3 is 2.50 bits per heavy atom. The number of carboxylic acid groups (broad SMARTS) is 1. The Hall–Kier alpha value is -2.04. The molecule has 86 valence electrons. The number of carbonyl (C=O) groups is 2. The summed E-state index contributed by atoms with van der Waals surface area (Å²) in [5, 5.41) is 11.7. The number of likely N-dealkylation sites (N-methyl/N-ethyl adjacent to an activating group) is 1. The normalized spacial score (nSPS) is 9.62. The van der Waals surface area contributed by atoms with Crippen molar-refractivity contribution >= 4 is 17.6 Å². The molecular weight excluding hydrogens is 208 g/mol. The third kappa shape index (κ3) is 2.98. The minimum absolute atomic E-state index is 0.0806. The zero-order valence-electron chi connectivity index (χ0n) is 9.23. The van der Waals surface area contributed by atoms with Gasteiger partial charge in [0.1, 0.15) is 0 Å². The molecule has 0 aliphatic heterocycles. The molecule has 0 bridgehead atoms. The molecule has 0 unspecified atom stereocenters. The summed E-state index contributed by atoms with van der Waals surface area (Å²) in [4.78, 5) is 23.6. The summed E-state index contributed by atoms with van der Waals surface area (Å²) in [6.07, 6.45) is 0. The van der Waals surface area contributed by atoms with Crippen molar-refractivity contribution < 1.29 is 14.7 Å². The fourth-order valence-electron chi connectivity index (χ4n) is 1.15. The highest BCUT2D eigenvalue weighted by atomic mass is 16.4. The first-order valence-electron chi connectivity index (χ1n) is 4.78. The minimum Gasteiger partial charge on any atom is -0.478 e.